The van der Waals surface area contributed by atoms with Crippen molar-refractivity contribution in [3.05, 3.63) is 0 Å². The van der Waals surface area contributed by atoms with Gasteiger partial charge in [-0.25, -0.2) is 10.3 Å². The van der Waals surface area contributed by atoms with Crippen LogP contribution in [0.4, 0.5) is 0 Å². The summed E-state index contributed by atoms with van der Waals surface area (Å²) in [6, 6.07) is -0.600. The summed E-state index contributed by atoms with van der Waals surface area (Å²) in [5, 5.41) is 13.4. The zero-order valence-corrected chi connectivity index (χ0v) is 7.78. The van der Waals surface area contributed by atoms with Crippen LogP contribution in [0.25, 0.3) is 0 Å². The molecular weight excluding hydrogens is 206 g/mol. The number of carboxylic acid groups (broad SMARTS) is 1. The molecular formula is C7H11N3O5. The van der Waals surface area contributed by atoms with Gasteiger partial charge in [0.15, 0.2) is 6.61 Å². The molecule has 0 aromatic heterocycles. The molecule has 1 saturated heterocycles. The molecule has 84 valence electrons. The molecule has 8 nitrogen and oxygen atoms in total. The van der Waals surface area contributed by atoms with Crippen LogP contribution in [0.1, 0.15) is 0 Å². The number of aliphatic carboxylic acids is 1. The molecule has 1 unspecified atom stereocenters. The smallest absolute Gasteiger partial charge is 0.332 e. The molecule has 0 aromatic carbocycles. The molecule has 0 saturated carbocycles. The van der Waals surface area contributed by atoms with E-state index in [1.54, 1.807) is 0 Å². The van der Waals surface area contributed by atoms with Gasteiger partial charge in [-0.1, -0.05) is 0 Å². The van der Waals surface area contributed by atoms with Crippen molar-refractivity contribution in [2.75, 3.05) is 19.7 Å². The van der Waals surface area contributed by atoms with Crippen LogP contribution in [0.15, 0.2) is 0 Å². The molecule has 1 atom stereocenters. The van der Waals surface area contributed by atoms with Gasteiger partial charge in [0, 0.05) is 6.54 Å². The van der Waals surface area contributed by atoms with Gasteiger partial charge in [0.05, 0.1) is 6.54 Å². The second-order valence-corrected chi connectivity index (χ2v) is 2.89. The van der Waals surface area contributed by atoms with Gasteiger partial charge in [0.25, 0.3) is 5.91 Å². The Morgan fingerprint density at radius 1 is 1.60 bits per heavy atom. The van der Waals surface area contributed by atoms with Crippen molar-refractivity contribution in [1.29, 1.82) is 0 Å². The average Bonchev–Trinajstić information content (AvgIpc) is 2.18. The number of nitrogens with one attached hydrogen (secondary N) is 3. The van der Waals surface area contributed by atoms with Crippen LogP contribution in [-0.4, -0.2) is 48.6 Å². The van der Waals surface area contributed by atoms with E-state index in [2.05, 4.69) is 15.5 Å². The van der Waals surface area contributed by atoms with Crippen LogP contribution in [0.3, 0.4) is 0 Å². The number of hydrogen-bond donors (Lipinski definition) is 4. The Balaban J connectivity index is 2.22. The molecule has 2 amide bonds. The van der Waals surface area contributed by atoms with Gasteiger partial charge in [-0.15, -0.1) is 0 Å². The van der Waals surface area contributed by atoms with Crippen molar-refractivity contribution in [3.8, 4) is 0 Å². The standard InChI is InChI=1S/C7H11N3O5/c11-5-2-8-4(1-9-5)7(14)10-15-3-6(12)13/h4,8H,1-3H2,(H,9,11)(H,10,14)(H,12,13). The maximum atomic E-state index is 11.2. The summed E-state index contributed by atoms with van der Waals surface area (Å²) in [7, 11) is 0. The van der Waals surface area contributed by atoms with Gasteiger partial charge in [-0.3, -0.25) is 19.7 Å². The van der Waals surface area contributed by atoms with E-state index < -0.39 is 24.5 Å². The maximum Gasteiger partial charge on any atom is 0.332 e. The Bertz CT molecular complexity index is 270. The fraction of sp³-hybridized carbons (Fsp3) is 0.571. The number of piperazine rings is 1. The summed E-state index contributed by atoms with van der Waals surface area (Å²) >= 11 is 0. The molecule has 1 aliphatic heterocycles. The van der Waals surface area contributed by atoms with Gasteiger partial charge in [-0.05, 0) is 0 Å². The summed E-state index contributed by atoms with van der Waals surface area (Å²) in [4.78, 5) is 36.4. The van der Waals surface area contributed by atoms with E-state index in [-0.39, 0.29) is 19.0 Å². The number of carboxylic acids is 1. The number of carbonyl (C=O) groups excluding carboxylic acids is 2. The van der Waals surface area contributed by atoms with E-state index in [9.17, 15) is 14.4 Å². The summed E-state index contributed by atoms with van der Waals surface area (Å²) in [6.07, 6.45) is 0. The number of carbonyl (C=O) groups is 3. The first kappa shape index (κ1) is 11.4. The largest absolute Gasteiger partial charge is 0.479 e. The first-order valence-corrected chi connectivity index (χ1v) is 4.23. The lowest BCUT2D eigenvalue weighted by Crippen LogP contribution is -2.58. The van der Waals surface area contributed by atoms with Crippen molar-refractivity contribution < 1.29 is 24.3 Å². The zero-order chi connectivity index (χ0) is 11.3. The van der Waals surface area contributed by atoms with Gasteiger partial charge in [-0.2, -0.15) is 0 Å². The molecule has 0 aromatic rings. The second kappa shape index (κ2) is 5.27. The molecule has 0 bridgehead atoms. The topological polar surface area (TPSA) is 117 Å². The average molecular weight is 217 g/mol. The molecule has 1 aliphatic rings. The normalized spacial score (nSPS) is 20.5. The third kappa shape index (κ3) is 3.92. The summed E-state index contributed by atoms with van der Waals surface area (Å²) < 4.78 is 0. The minimum Gasteiger partial charge on any atom is -0.479 e. The number of hydroxylamine groups is 1. The van der Waals surface area contributed by atoms with Crippen LogP contribution in [0, 0.1) is 0 Å². The maximum absolute atomic E-state index is 11.2. The molecule has 0 radical (unpaired) electrons. The van der Waals surface area contributed by atoms with Crippen molar-refractivity contribution in [2.24, 2.45) is 0 Å². The number of rotatable bonds is 4. The third-order valence-electron chi connectivity index (χ3n) is 1.70. The summed E-state index contributed by atoms with van der Waals surface area (Å²) in [5.41, 5.74) is 1.96. The van der Waals surface area contributed by atoms with E-state index >= 15 is 0 Å². The van der Waals surface area contributed by atoms with Crippen LogP contribution in [0.5, 0.6) is 0 Å². The van der Waals surface area contributed by atoms with Gasteiger partial charge >= 0.3 is 5.97 Å². The molecule has 8 heteroatoms. The Hall–Kier alpha value is -1.67. The highest BCUT2D eigenvalue weighted by Crippen LogP contribution is 1.88. The quantitative estimate of drug-likeness (QED) is 0.378. The van der Waals surface area contributed by atoms with Crippen LogP contribution >= 0.6 is 0 Å². The highest BCUT2D eigenvalue weighted by molar-refractivity contribution is 5.86. The fourth-order valence-corrected chi connectivity index (χ4v) is 0.992. The first-order valence-electron chi connectivity index (χ1n) is 4.23. The molecule has 0 spiro atoms. The molecule has 4 N–H and O–H groups in total. The molecule has 1 heterocycles. The predicted octanol–water partition coefficient (Wildman–Crippen LogP) is -2.79. The van der Waals surface area contributed by atoms with Crippen molar-refractivity contribution >= 4 is 17.8 Å². The van der Waals surface area contributed by atoms with Crippen LogP contribution < -0.4 is 16.1 Å². The van der Waals surface area contributed by atoms with Crippen LogP contribution in [0.2, 0.25) is 0 Å². The van der Waals surface area contributed by atoms with Gasteiger partial charge < -0.3 is 10.4 Å². The Morgan fingerprint density at radius 3 is 2.87 bits per heavy atom. The lowest BCUT2D eigenvalue weighted by atomic mass is 10.2. The number of amides is 2. The lowest BCUT2D eigenvalue weighted by molar-refractivity contribution is -0.150. The van der Waals surface area contributed by atoms with E-state index in [4.69, 9.17) is 5.11 Å². The highest BCUT2D eigenvalue weighted by atomic mass is 16.7. The van der Waals surface area contributed by atoms with Crippen molar-refractivity contribution in [3.63, 3.8) is 0 Å². The predicted molar refractivity (Wildman–Crippen MR) is 46.5 cm³/mol. The second-order valence-electron chi connectivity index (χ2n) is 2.89. The number of hydrogen-bond acceptors (Lipinski definition) is 5. The zero-order valence-electron chi connectivity index (χ0n) is 7.78. The van der Waals surface area contributed by atoms with E-state index in [1.807, 2.05) is 5.48 Å². The van der Waals surface area contributed by atoms with Crippen molar-refractivity contribution in [2.45, 2.75) is 6.04 Å². The Morgan fingerprint density at radius 2 is 2.33 bits per heavy atom. The molecule has 1 rings (SSSR count). The van der Waals surface area contributed by atoms with Gasteiger partial charge in [0.1, 0.15) is 6.04 Å². The molecule has 0 aliphatic carbocycles. The van der Waals surface area contributed by atoms with E-state index in [1.165, 1.54) is 0 Å². The summed E-state index contributed by atoms with van der Waals surface area (Å²) in [5.74, 6) is -1.89. The van der Waals surface area contributed by atoms with Crippen molar-refractivity contribution in [1.82, 2.24) is 16.1 Å². The SMILES string of the molecule is O=C(O)CONC(=O)C1CNC(=O)CN1. The Labute approximate surface area is 84.9 Å². The first-order chi connectivity index (χ1) is 7.09. The monoisotopic (exact) mass is 217 g/mol. The molecule has 15 heavy (non-hydrogen) atoms. The minimum atomic E-state index is -1.18. The lowest BCUT2D eigenvalue weighted by Gasteiger charge is -2.22. The van der Waals surface area contributed by atoms with E-state index in [0.717, 1.165) is 0 Å². The van der Waals surface area contributed by atoms with Crippen LogP contribution in [-0.2, 0) is 19.2 Å². The van der Waals surface area contributed by atoms with Gasteiger partial charge in [0.2, 0.25) is 5.91 Å². The molecule has 1 fully saturated rings. The fourth-order valence-electron chi connectivity index (χ4n) is 0.992. The highest BCUT2D eigenvalue weighted by Gasteiger charge is 2.23. The summed E-state index contributed by atoms with van der Waals surface area (Å²) in [6.45, 7) is -0.400. The third-order valence-corrected chi connectivity index (χ3v) is 1.70. The minimum absolute atomic E-state index is 0.0526. The van der Waals surface area contributed by atoms with E-state index in [0.29, 0.717) is 0 Å². The Kier molecular flexibility index (Phi) is 4.01.